The van der Waals surface area contributed by atoms with E-state index in [1.807, 2.05) is 0 Å². The highest BCUT2D eigenvalue weighted by Crippen LogP contribution is 2.25. The predicted octanol–water partition coefficient (Wildman–Crippen LogP) is 0.457. The summed E-state index contributed by atoms with van der Waals surface area (Å²) >= 11 is 4.29. The van der Waals surface area contributed by atoms with Gasteiger partial charge in [0.05, 0.1) is 3.79 Å². The van der Waals surface area contributed by atoms with Crippen molar-refractivity contribution in [2.45, 2.75) is 4.21 Å². The van der Waals surface area contributed by atoms with E-state index in [0.717, 1.165) is 15.1 Å². The van der Waals surface area contributed by atoms with Gasteiger partial charge in [-0.3, -0.25) is 0 Å². The second-order valence-corrected chi connectivity index (χ2v) is 7.20. The zero-order valence-corrected chi connectivity index (χ0v) is 11.3. The van der Waals surface area contributed by atoms with Gasteiger partial charge in [-0.25, -0.2) is 17.9 Å². The Balaban J connectivity index is 2.50. The minimum Gasteiger partial charge on any atom is -0.352 e. The van der Waals surface area contributed by atoms with Crippen LogP contribution in [0.15, 0.2) is 20.1 Å². The summed E-state index contributed by atoms with van der Waals surface area (Å²) in [5.74, 6) is 0. The number of thiophene rings is 1. The minimum atomic E-state index is -3.49. The van der Waals surface area contributed by atoms with Crippen molar-refractivity contribution >= 4 is 43.3 Å². The molecule has 0 fully saturated rings. The van der Waals surface area contributed by atoms with E-state index in [9.17, 15) is 13.2 Å². The standard InChI is InChI=1S/C7H10BrN3O3S2/c8-5-1-2-6(15-5)16(13,14)11-4-3-10-7(9)12/h1-2,11H,3-4H2,(H3,9,10,12). The first-order valence-electron chi connectivity index (χ1n) is 4.20. The molecule has 0 aromatic carbocycles. The molecule has 0 aliphatic heterocycles. The third kappa shape index (κ3) is 4.08. The molecule has 90 valence electrons. The van der Waals surface area contributed by atoms with Crippen LogP contribution in [0.2, 0.25) is 0 Å². The van der Waals surface area contributed by atoms with Crippen LogP contribution < -0.4 is 15.8 Å². The molecule has 0 unspecified atom stereocenters. The molecule has 0 aliphatic rings. The lowest BCUT2D eigenvalue weighted by molar-refractivity contribution is 0.249. The first-order chi connectivity index (χ1) is 7.42. The average molecular weight is 328 g/mol. The van der Waals surface area contributed by atoms with Crippen LogP contribution in [-0.4, -0.2) is 27.5 Å². The molecule has 1 aromatic rings. The van der Waals surface area contributed by atoms with Gasteiger partial charge >= 0.3 is 6.03 Å². The fourth-order valence-electron chi connectivity index (χ4n) is 0.884. The van der Waals surface area contributed by atoms with Gasteiger partial charge < -0.3 is 11.1 Å². The van der Waals surface area contributed by atoms with E-state index in [1.54, 1.807) is 6.07 Å². The van der Waals surface area contributed by atoms with Gasteiger partial charge in [0.2, 0.25) is 10.0 Å². The summed E-state index contributed by atoms with van der Waals surface area (Å²) in [6.07, 6.45) is 0. The van der Waals surface area contributed by atoms with Crippen molar-refractivity contribution in [2.24, 2.45) is 5.73 Å². The number of carbonyl (C=O) groups is 1. The molecular formula is C7H10BrN3O3S2. The van der Waals surface area contributed by atoms with E-state index < -0.39 is 16.1 Å². The normalized spacial score (nSPS) is 11.3. The Bertz CT molecular complexity index is 471. The largest absolute Gasteiger partial charge is 0.352 e. The number of amides is 2. The van der Waals surface area contributed by atoms with E-state index in [0.29, 0.717) is 0 Å². The van der Waals surface area contributed by atoms with Crippen LogP contribution in [0.25, 0.3) is 0 Å². The third-order valence-electron chi connectivity index (χ3n) is 1.53. The molecule has 0 saturated carbocycles. The van der Waals surface area contributed by atoms with Crippen molar-refractivity contribution < 1.29 is 13.2 Å². The van der Waals surface area contributed by atoms with E-state index in [1.165, 1.54) is 6.07 Å². The van der Waals surface area contributed by atoms with Crippen LogP contribution in [0.4, 0.5) is 4.79 Å². The van der Waals surface area contributed by atoms with Crippen molar-refractivity contribution in [1.82, 2.24) is 10.0 Å². The highest BCUT2D eigenvalue weighted by molar-refractivity contribution is 9.11. The number of rotatable bonds is 5. The molecule has 9 heteroatoms. The Hall–Kier alpha value is -0.640. The monoisotopic (exact) mass is 327 g/mol. The summed E-state index contributed by atoms with van der Waals surface area (Å²) in [6, 6.07) is 2.47. The third-order valence-corrected chi connectivity index (χ3v) is 5.11. The maximum atomic E-state index is 11.6. The fourth-order valence-corrected chi connectivity index (χ4v) is 3.97. The van der Waals surface area contributed by atoms with Crippen molar-refractivity contribution in [2.75, 3.05) is 13.1 Å². The molecule has 1 heterocycles. The number of primary amides is 1. The molecular weight excluding hydrogens is 318 g/mol. The van der Waals surface area contributed by atoms with Crippen molar-refractivity contribution in [3.8, 4) is 0 Å². The number of halogens is 1. The van der Waals surface area contributed by atoms with E-state index >= 15 is 0 Å². The summed E-state index contributed by atoms with van der Waals surface area (Å²) in [4.78, 5) is 10.3. The van der Waals surface area contributed by atoms with E-state index in [4.69, 9.17) is 5.73 Å². The maximum absolute atomic E-state index is 11.6. The highest BCUT2D eigenvalue weighted by atomic mass is 79.9. The van der Waals surface area contributed by atoms with Gasteiger partial charge in [-0.15, -0.1) is 11.3 Å². The molecule has 0 radical (unpaired) electrons. The number of hydrogen-bond acceptors (Lipinski definition) is 4. The topological polar surface area (TPSA) is 101 Å². The minimum absolute atomic E-state index is 0.0980. The molecule has 1 rings (SSSR count). The molecule has 0 saturated heterocycles. The number of nitrogens with two attached hydrogens (primary N) is 1. The second-order valence-electron chi connectivity index (χ2n) is 2.75. The Morgan fingerprint density at radius 2 is 2.12 bits per heavy atom. The highest BCUT2D eigenvalue weighted by Gasteiger charge is 2.15. The summed E-state index contributed by atoms with van der Waals surface area (Å²) in [6.45, 7) is 0.252. The van der Waals surface area contributed by atoms with Gasteiger partial charge in [-0.2, -0.15) is 0 Å². The number of sulfonamides is 1. The lowest BCUT2D eigenvalue weighted by atomic mass is 10.6. The quantitative estimate of drug-likeness (QED) is 0.684. The van der Waals surface area contributed by atoms with Gasteiger partial charge in [0.1, 0.15) is 4.21 Å². The molecule has 1 aromatic heterocycles. The Morgan fingerprint density at radius 3 is 2.62 bits per heavy atom. The molecule has 4 N–H and O–H groups in total. The predicted molar refractivity (Wildman–Crippen MR) is 64.8 cm³/mol. The van der Waals surface area contributed by atoms with Crippen LogP contribution in [0.5, 0.6) is 0 Å². The van der Waals surface area contributed by atoms with Crippen LogP contribution in [0.1, 0.15) is 0 Å². The Labute approximate surface area is 105 Å². The molecule has 0 aliphatic carbocycles. The van der Waals surface area contributed by atoms with Crippen LogP contribution >= 0.6 is 27.3 Å². The first-order valence-corrected chi connectivity index (χ1v) is 7.29. The zero-order chi connectivity index (χ0) is 12.2. The van der Waals surface area contributed by atoms with Gasteiger partial charge in [0.25, 0.3) is 0 Å². The molecule has 16 heavy (non-hydrogen) atoms. The van der Waals surface area contributed by atoms with Crippen molar-refractivity contribution in [1.29, 1.82) is 0 Å². The number of carbonyl (C=O) groups excluding carboxylic acids is 1. The zero-order valence-electron chi connectivity index (χ0n) is 8.07. The summed E-state index contributed by atoms with van der Waals surface area (Å²) < 4.78 is 26.5. The van der Waals surface area contributed by atoms with Crippen LogP contribution in [0.3, 0.4) is 0 Å². The Kier molecular flexibility index (Phi) is 4.71. The van der Waals surface area contributed by atoms with E-state index in [2.05, 4.69) is 26.0 Å². The Morgan fingerprint density at radius 1 is 1.44 bits per heavy atom. The second kappa shape index (κ2) is 5.62. The number of hydrogen-bond donors (Lipinski definition) is 3. The smallest absolute Gasteiger partial charge is 0.312 e. The molecule has 0 bridgehead atoms. The lowest BCUT2D eigenvalue weighted by Gasteiger charge is -2.04. The molecule has 6 nitrogen and oxygen atoms in total. The van der Waals surface area contributed by atoms with Crippen molar-refractivity contribution in [3.05, 3.63) is 15.9 Å². The van der Waals surface area contributed by atoms with Crippen LogP contribution in [0, 0.1) is 0 Å². The molecule has 0 spiro atoms. The summed E-state index contributed by atoms with van der Waals surface area (Å²) in [7, 11) is -3.49. The van der Waals surface area contributed by atoms with Crippen molar-refractivity contribution in [3.63, 3.8) is 0 Å². The maximum Gasteiger partial charge on any atom is 0.312 e. The summed E-state index contributed by atoms with van der Waals surface area (Å²) in [5.41, 5.74) is 4.83. The lowest BCUT2D eigenvalue weighted by Crippen LogP contribution is -2.37. The molecule has 2 amide bonds. The SMILES string of the molecule is NC(=O)NCCNS(=O)(=O)c1ccc(Br)s1. The average Bonchev–Trinajstić information content (AvgIpc) is 2.60. The summed E-state index contributed by atoms with van der Waals surface area (Å²) in [5, 5.41) is 2.28. The van der Waals surface area contributed by atoms with Gasteiger partial charge in [0, 0.05) is 13.1 Å². The number of urea groups is 1. The fraction of sp³-hybridized carbons (Fsp3) is 0.286. The molecule has 0 atom stereocenters. The van der Waals surface area contributed by atoms with Gasteiger partial charge in [0.15, 0.2) is 0 Å². The first kappa shape index (κ1) is 13.4. The van der Waals surface area contributed by atoms with E-state index in [-0.39, 0.29) is 17.3 Å². The van der Waals surface area contributed by atoms with Crippen LogP contribution in [-0.2, 0) is 10.0 Å². The van der Waals surface area contributed by atoms with Gasteiger partial charge in [-0.1, -0.05) is 0 Å². The number of nitrogens with one attached hydrogen (secondary N) is 2. The van der Waals surface area contributed by atoms with Gasteiger partial charge in [-0.05, 0) is 28.1 Å².